The third-order valence-corrected chi connectivity index (χ3v) is 2.94. The van der Waals surface area contributed by atoms with Crippen molar-refractivity contribution in [1.82, 2.24) is 15.5 Å². The van der Waals surface area contributed by atoms with E-state index >= 15 is 0 Å². The first-order chi connectivity index (χ1) is 10.1. The van der Waals surface area contributed by atoms with Gasteiger partial charge in [-0.25, -0.2) is 4.99 Å². The first kappa shape index (κ1) is 20.7. The number of amides is 1. The summed E-state index contributed by atoms with van der Waals surface area (Å²) >= 11 is 0. The second kappa shape index (κ2) is 12.3. The zero-order valence-corrected chi connectivity index (χ0v) is 16.0. The smallest absolute Gasteiger partial charge is 0.223 e. The van der Waals surface area contributed by atoms with Gasteiger partial charge >= 0.3 is 0 Å². The standard InChI is InChI=1S/C16H26N4O.HI/c1-4-11-17-16(18-12-10-15(21)20(2)3)19-13-14-8-6-5-7-9-14;/h5-9H,4,10-13H2,1-3H3,(H2,17,18,19);1H. The fourth-order valence-corrected chi connectivity index (χ4v) is 1.68. The number of aliphatic imine (C=N–C) groups is 1. The molecule has 0 bridgehead atoms. The third kappa shape index (κ3) is 8.86. The van der Waals surface area contributed by atoms with Gasteiger partial charge in [-0.1, -0.05) is 37.3 Å². The highest BCUT2D eigenvalue weighted by molar-refractivity contribution is 14.0. The predicted molar refractivity (Wildman–Crippen MR) is 103 cm³/mol. The summed E-state index contributed by atoms with van der Waals surface area (Å²) in [4.78, 5) is 17.7. The van der Waals surface area contributed by atoms with Crippen LogP contribution in [0, 0.1) is 0 Å². The molecule has 0 heterocycles. The van der Waals surface area contributed by atoms with E-state index in [0.717, 1.165) is 18.9 Å². The van der Waals surface area contributed by atoms with Crippen molar-refractivity contribution in [2.24, 2.45) is 4.99 Å². The number of carbonyl (C=O) groups excluding carboxylic acids is 1. The Labute approximate surface area is 150 Å². The molecule has 0 saturated heterocycles. The molecule has 5 nitrogen and oxygen atoms in total. The van der Waals surface area contributed by atoms with Crippen LogP contribution in [0.1, 0.15) is 25.3 Å². The first-order valence-electron chi connectivity index (χ1n) is 7.39. The highest BCUT2D eigenvalue weighted by Crippen LogP contribution is 1.99. The molecule has 0 spiro atoms. The summed E-state index contributed by atoms with van der Waals surface area (Å²) in [5.41, 5.74) is 1.17. The van der Waals surface area contributed by atoms with Crippen LogP contribution in [0.3, 0.4) is 0 Å². The minimum Gasteiger partial charge on any atom is -0.356 e. The van der Waals surface area contributed by atoms with Crippen LogP contribution in [0.25, 0.3) is 0 Å². The van der Waals surface area contributed by atoms with E-state index in [-0.39, 0.29) is 29.9 Å². The number of rotatable bonds is 7. The lowest BCUT2D eigenvalue weighted by molar-refractivity contribution is -0.128. The van der Waals surface area contributed by atoms with Gasteiger partial charge in [-0.3, -0.25) is 4.79 Å². The highest BCUT2D eigenvalue weighted by atomic mass is 127. The zero-order chi connectivity index (χ0) is 15.5. The van der Waals surface area contributed by atoms with Gasteiger partial charge in [0.1, 0.15) is 0 Å². The maximum absolute atomic E-state index is 11.5. The largest absolute Gasteiger partial charge is 0.356 e. The maximum atomic E-state index is 11.5. The number of hydrogen-bond donors (Lipinski definition) is 2. The molecule has 1 aromatic carbocycles. The first-order valence-corrected chi connectivity index (χ1v) is 7.39. The van der Waals surface area contributed by atoms with Crippen LogP contribution in [0.4, 0.5) is 0 Å². The maximum Gasteiger partial charge on any atom is 0.223 e. The van der Waals surface area contributed by atoms with Gasteiger partial charge in [0.2, 0.25) is 5.91 Å². The minimum absolute atomic E-state index is 0. The summed E-state index contributed by atoms with van der Waals surface area (Å²) in [5.74, 6) is 0.868. The van der Waals surface area contributed by atoms with Crippen LogP contribution in [0.5, 0.6) is 0 Å². The van der Waals surface area contributed by atoms with Crippen LogP contribution in [0.2, 0.25) is 0 Å². The lowest BCUT2D eigenvalue weighted by Gasteiger charge is -2.14. The lowest BCUT2D eigenvalue weighted by Crippen LogP contribution is -2.39. The Morgan fingerprint density at radius 1 is 1.14 bits per heavy atom. The van der Waals surface area contributed by atoms with Crippen molar-refractivity contribution in [3.8, 4) is 0 Å². The van der Waals surface area contributed by atoms with Gasteiger partial charge in [0, 0.05) is 33.6 Å². The third-order valence-electron chi connectivity index (χ3n) is 2.94. The molecule has 0 unspecified atom stereocenters. The molecule has 1 rings (SSSR count). The van der Waals surface area contributed by atoms with Crippen molar-refractivity contribution >= 4 is 35.8 Å². The molecule has 0 aromatic heterocycles. The summed E-state index contributed by atoms with van der Waals surface area (Å²) in [7, 11) is 3.53. The Hall–Kier alpha value is -1.31. The average Bonchev–Trinajstić information content (AvgIpc) is 2.50. The molecule has 1 aromatic rings. The molecule has 0 aliphatic carbocycles. The van der Waals surface area contributed by atoms with Crippen LogP contribution < -0.4 is 10.6 Å². The van der Waals surface area contributed by atoms with Crippen molar-refractivity contribution in [2.45, 2.75) is 26.3 Å². The number of hydrogen-bond acceptors (Lipinski definition) is 2. The van der Waals surface area contributed by atoms with E-state index in [1.165, 1.54) is 5.56 Å². The van der Waals surface area contributed by atoms with E-state index in [9.17, 15) is 4.79 Å². The second-order valence-corrected chi connectivity index (χ2v) is 5.04. The van der Waals surface area contributed by atoms with Crippen molar-refractivity contribution in [1.29, 1.82) is 0 Å². The van der Waals surface area contributed by atoms with Gasteiger partial charge in [0.15, 0.2) is 5.96 Å². The van der Waals surface area contributed by atoms with E-state index < -0.39 is 0 Å². The molecule has 0 atom stereocenters. The van der Waals surface area contributed by atoms with Crippen molar-refractivity contribution in [3.63, 3.8) is 0 Å². The highest BCUT2D eigenvalue weighted by Gasteiger charge is 2.04. The van der Waals surface area contributed by atoms with Crippen LogP contribution in [-0.2, 0) is 11.3 Å². The van der Waals surface area contributed by atoms with Crippen molar-refractivity contribution < 1.29 is 4.79 Å². The SMILES string of the molecule is CCCNC(=NCc1ccccc1)NCCC(=O)N(C)C.I. The number of nitrogens with zero attached hydrogens (tertiary/aromatic N) is 2. The van der Waals surface area contributed by atoms with Crippen LogP contribution >= 0.6 is 24.0 Å². The Balaban J connectivity index is 0.00000441. The molecule has 0 fully saturated rings. The average molecular weight is 418 g/mol. The van der Waals surface area contributed by atoms with E-state index in [2.05, 4.69) is 34.7 Å². The van der Waals surface area contributed by atoms with Gasteiger partial charge in [0.25, 0.3) is 0 Å². The van der Waals surface area contributed by atoms with Crippen molar-refractivity contribution in [3.05, 3.63) is 35.9 Å². The van der Waals surface area contributed by atoms with Gasteiger partial charge in [-0.2, -0.15) is 0 Å². The van der Waals surface area contributed by atoms with Crippen LogP contribution in [-0.4, -0.2) is 44.0 Å². The number of nitrogens with one attached hydrogen (secondary N) is 2. The predicted octanol–water partition coefficient (Wildman–Crippen LogP) is 2.23. The van der Waals surface area contributed by atoms with E-state index in [4.69, 9.17) is 0 Å². The second-order valence-electron chi connectivity index (χ2n) is 5.04. The summed E-state index contributed by atoms with van der Waals surface area (Å²) in [6.45, 7) is 4.18. The van der Waals surface area contributed by atoms with Gasteiger partial charge < -0.3 is 15.5 Å². The molecule has 1 amide bonds. The Morgan fingerprint density at radius 2 is 1.77 bits per heavy atom. The molecular weight excluding hydrogens is 391 g/mol. The molecule has 0 radical (unpaired) electrons. The fourth-order valence-electron chi connectivity index (χ4n) is 1.68. The normalized spacial score (nSPS) is 10.6. The van der Waals surface area contributed by atoms with E-state index in [0.29, 0.717) is 19.5 Å². The van der Waals surface area contributed by atoms with Gasteiger partial charge in [-0.05, 0) is 12.0 Å². The Morgan fingerprint density at radius 3 is 2.36 bits per heavy atom. The minimum atomic E-state index is 0. The summed E-state index contributed by atoms with van der Waals surface area (Å²) < 4.78 is 0. The number of benzene rings is 1. The molecule has 124 valence electrons. The molecule has 0 aliphatic rings. The summed E-state index contributed by atoms with van der Waals surface area (Å²) in [5, 5.41) is 6.46. The van der Waals surface area contributed by atoms with Gasteiger partial charge in [-0.15, -0.1) is 24.0 Å². The monoisotopic (exact) mass is 418 g/mol. The topological polar surface area (TPSA) is 56.7 Å². The summed E-state index contributed by atoms with van der Waals surface area (Å²) in [6.07, 6.45) is 1.49. The van der Waals surface area contributed by atoms with Gasteiger partial charge in [0.05, 0.1) is 6.54 Å². The number of carbonyl (C=O) groups is 1. The van der Waals surface area contributed by atoms with E-state index in [1.807, 2.05) is 18.2 Å². The fraction of sp³-hybridized carbons (Fsp3) is 0.500. The molecule has 2 N–H and O–H groups in total. The molecular formula is C16H27IN4O. The quantitative estimate of drug-likeness (QED) is 0.406. The Kier molecular flexibility index (Phi) is 11.5. The molecule has 0 saturated carbocycles. The number of guanidine groups is 1. The molecule has 22 heavy (non-hydrogen) atoms. The molecule has 0 aliphatic heterocycles. The lowest BCUT2D eigenvalue weighted by atomic mass is 10.2. The summed E-state index contributed by atoms with van der Waals surface area (Å²) in [6, 6.07) is 10.1. The van der Waals surface area contributed by atoms with Crippen LogP contribution in [0.15, 0.2) is 35.3 Å². The zero-order valence-electron chi connectivity index (χ0n) is 13.6. The van der Waals surface area contributed by atoms with Crippen molar-refractivity contribution in [2.75, 3.05) is 27.2 Å². The number of halogens is 1. The Bertz CT molecular complexity index is 449. The van der Waals surface area contributed by atoms with E-state index in [1.54, 1.807) is 19.0 Å². The molecule has 6 heteroatoms.